The Morgan fingerprint density at radius 2 is 2.00 bits per heavy atom. The number of hydrogen-bond donors (Lipinski definition) is 2. The van der Waals surface area contributed by atoms with E-state index >= 15 is 0 Å². The first-order chi connectivity index (χ1) is 10.0. The fraction of sp³-hybridized carbons (Fsp3) is 0.286. The van der Waals surface area contributed by atoms with Crippen LogP contribution in [0.5, 0.6) is 0 Å². The van der Waals surface area contributed by atoms with Crippen LogP contribution in [0.3, 0.4) is 0 Å². The molecule has 2 atom stereocenters. The third kappa shape index (κ3) is 2.76. The van der Waals surface area contributed by atoms with Gasteiger partial charge < -0.3 is 10.4 Å². The Bertz CT molecular complexity index is 692. The highest BCUT2D eigenvalue weighted by Gasteiger charge is 2.48. The van der Waals surface area contributed by atoms with Crippen LogP contribution in [0.1, 0.15) is 6.42 Å². The number of benzene rings is 1. The number of rotatable bonds is 4. The average molecular weight is 286 g/mol. The highest BCUT2D eigenvalue weighted by Crippen LogP contribution is 2.39. The van der Waals surface area contributed by atoms with Crippen LogP contribution in [0, 0.1) is 11.8 Å². The number of nitrogens with one attached hydrogen (secondary N) is 1. The molecule has 0 radical (unpaired) electrons. The van der Waals surface area contributed by atoms with E-state index in [1.54, 1.807) is 30.2 Å². The molecule has 7 nitrogen and oxygen atoms in total. The largest absolute Gasteiger partial charge is 0.481 e. The van der Waals surface area contributed by atoms with Crippen LogP contribution in [-0.4, -0.2) is 31.7 Å². The van der Waals surface area contributed by atoms with E-state index in [9.17, 15) is 9.59 Å². The van der Waals surface area contributed by atoms with Gasteiger partial charge in [-0.15, -0.1) is 0 Å². The zero-order valence-electron chi connectivity index (χ0n) is 11.4. The van der Waals surface area contributed by atoms with E-state index in [0.717, 1.165) is 5.56 Å². The van der Waals surface area contributed by atoms with Crippen molar-refractivity contribution in [2.45, 2.75) is 6.42 Å². The van der Waals surface area contributed by atoms with Crippen LogP contribution in [0.4, 0.5) is 5.69 Å². The number of carbonyl (C=O) groups is 2. The lowest BCUT2D eigenvalue weighted by molar-refractivity contribution is -0.139. The first kappa shape index (κ1) is 13.3. The predicted molar refractivity (Wildman–Crippen MR) is 74.3 cm³/mol. The molecular formula is C14H14N4O3. The van der Waals surface area contributed by atoms with Gasteiger partial charge in [0.15, 0.2) is 5.82 Å². The second kappa shape index (κ2) is 5.01. The number of aryl methyl sites for hydroxylation is 1. The van der Waals surface area contributed by atoms with Crippen molar-refractivity contribution in [3.63, 3.8) is 0 Å². The standard InChI is InChI=1S/C14H14N4O3/c1-18-7-15-12(17-18)8-2-4-9(5-3-8)16-13(19)10-6-11(10)14(20)21/h2-5,7,10-11H,6H2,1H3,(H,16,19)(H,20,21)/t10-,11-/m0/s1. The monoisotopic (exact) mass is 286 g/mol. The number of aromatic nitrogens is 3. The van der Waals surface area contributed by atoms with Gasteiger partial charge in [0.05, 0.1) is 11.8 Å². The smallest absolute Gasteiger partial charge is 0.307 e. The van der Waals surface area contributed by atoms with Gasteiger partial charge >= 0.3 is 5.97 Å². The summed E-state index contributed by atoms with van der Waals surface area (Å²) in [6.45, 7) is 0. The quantitative estimate of drug-likeness (QED) is 0.878. The van der Waals surface area contributed by atoms with Gasteiger partial charge in [-0.3, -0.25) is 14.3 Å². The number of amides is 1. The molecule has 0 bridgehead atoms. The summed E-state index contributed by atoms with van der Waals surface area (Å²) in [5.41, 5.74) is 1.49. The molecule has 3 rings (SSSR count). The summed E-state index contributed by atoms with van der Waals surface area (Å²) < 4.78 is 1.62. The Labute approximate surface area is 120 Å². The van der Waals surface area contributed by atoms with E-state index in [-0.39, 0.29) is 5.91 Å². The molecule has 21 heavy (non-hydrogen) atoms. The Morgan fingerprint density at radius 1 is 1.29 bits per heavy atom. The summed E-state index contributed by atoms with van der Waals surface area (Å²) in [5, 5.41) is 15.7. The van der Waals surface area contributed by atoms with E-state index in [1.807, 2.05) is 12.1 Å². The van der Waals surface area contributed by atoms with Crippen molar-refractivity contribution in [1.82, 2.24) is 14.8 Å². The molecule has 1 aliphatic rings. The molecule has 1 fully saturated rings. The summed E-state index contributed by atoms with van der Waals surface area (Å²) in [7, 11) is 1.79. The minimum Gasteiger partial charge on any atom is -0.481 e. The molecule has 1 saturated carbocycles. The Balaban J connectivity index is 1.65. The fourth-order valence-electron chi connectivity index (χ4n) is 2.17. The molecule has 0 unspecified atom stereocenters. The molecule has 0 saturated heterocycles. The number of hydrogen-bond acceptors (Lipinski definition) is 4. The van der Waals surface area contributed by atoms with Gasteiger partial charge in [0.2, 0.25) is 5.91 Å². The summed E-state index contributed by atoms with van der Waals surface area (Å²) in [6.07, 6.45) is 2.03. The van der Waals surface area contributed by atoms with Gasteiger partial charge in [-0.2, -0.15) is 5.10 Å². The molecule has 0 spiro atoms. The maximum Gasteiger partial charge on any atom is 0.307 e. The van der Waals surface area contributed by atoms with Crippen LogP contribution in [0.25, 0.3) is 11.4 Å². The topological polar surface area (TPSA) is 97.1 Å². The van der Waals surface area contributed by atoms with Crippen molar-refractivity contribution >= 4 is 17.6 Å². The van der Waals surface area contributed by atoms with Crippen molar-refractivity contribution in [2.24, 2.45) is 18.9 Å². The first-order valence-corrected chi connectivity index (χ1v) is 6.54. The third-order valence-corrected chi connectivity index (χ3v) is 3.45. The van der Waals surface area contributed by atoms with E-state index in [1.165, 1.54) is 0 Å². The lowest BCUT2D eigenvalue weighted by atomic mass is 10.2. The molecule has 0 aliphatic heterocycles. The van der Waals surface area contributed by atoms with Crippen LogP contribution in [-0.2, 0) is 16.6 Å². The van der Waals surface area contributed by atoms with Gasteiger partial charge in [0, 0.05) is 18.3 Å². The second-order valence-corrected chi connectivity index (χ2v) is 5.10. The van der Waals surface area contributed by atoms with Gasteiger partial charge in [0.25, 0.3) is 0 Å². The summed E-state index contributed by atoms with van der Waals surface area (Å²) in [6, 6.07) is 7.13. The van der Waals surface area contributed by atoms with Crippen molar-refractivity contribution < 1.29 is 14.7 Å². The average Bonchev–Trinajstić information content (AvgIpc) is 3.16. The van der Waals surface area contributed by atoms with E-state index in [0.29, 0.717) is 17.9 Å². The van der Waals surface area contributed by atoms with Crippen molar-refractivity contribution in [3.05, 3.63) is 30.6 Å². The Hall–Kier alpha value is -2.70. The minimum atomic E-state index is -0.910. The number of anilines is 1. The zero-order valence-corrected chi connectivity index (χ0v) is 11.4. The highest BCUT2D eigenvalue weighted by molar-refractivity contribution is 5.98. The normalized spacial score (nSPS) is 20.0. The van der Waals surface area contributed by atoms with Gasteiger partial charge in [-0.05, 0) is 30.7 Å². The summed E-state index contributed by atoms with van der Waals surface area (Å²) in [5.74, 6) is -1.50. The SMILES string of the molecule is Cn1cnc(-c2ccc(NC(=O)[C@H]3C[C@@H]3C(=O)O)cc2)n1. The van der Waals surface area contributed by atoms with Crippen LogP contribution in [0.2, 0.25) is 0 Å². The van der Waals surface area contributed by atoms with Gasteiger partial charge in [-0.1, -0.05) is 0 Å². The number of carboxylic acid groups (broad SMARTS) is 1. The number of nitrogens with zero attached hydrogens (tertiary/aromatic N) is 3. The number of aliphatic carboxylic acids is 1. The van der Waals surface area contributed by atoms with Crippen molar-refractivity contribution in [2.75, 3.05) is 5.32 Å². The molecule has 108 valence electrons. The molecule has 1 amide bonds. The maximum absolute atomic E-state index is 11.8. The molecular weight excluding hydrogens is 272 g/mol. The minimum absolute atomic E-state index is 0.244. The summed E-state index contributed by atoms with van der Waals surface area (Å²) in [4.78, 5) is 26.7. The van der Waals surface area contributed by atoms with Crippen LogP contribution < -0.4 is 5.32 Å². The van der Waals surface area contributed by atoms with Crippen molar-refractivity contribution in [3.8, 4) is 11.4 Å². The molecule has 1 aliphatic carbocycles. The van der Waals surface area contributed by atoms with Gasteiger partial charge in [0.1, 0.15) is 6.33 Å². The van der Waals surface area contributed by atoms with Gasteiger partial charge in [-0.25, -0.2) is 4.98 Å². The molecule has 1 aromatic heterocycles. The fourth-order valence-corrected chi connectivity index (χ4v) is 2.17. The summed E-state index contributed by atoms with van der Waals surface area (Å²) >= 11 is 0. The van der Waals surface area contributed by atoms with Crippen LogP contribution >= 0.6 is 0 Å². The van der Waals surface area contributed by atoms with E-state index in [4.69, 9.17) is 5.11 Å². The Kier molecular flexibility index (Phi) is 3.17. The van der Waals surface area contributed by atoms with E-state index < -0.39 is 17.8 Å². The molecule has 2 aromatic rings. The molecule has 1 heterocycles. The lowest BCUT2D eigenvalue weighted by Crippen LogP contribution is -2.16. The lowest BCUT2D eigenvalue weighted by Gasteiger charge is -2.05. The molecule has 1 aromatic carbocycles. The molecule has 2 N–H and O–H groups in total. The van der Waals surface area contributed by atoms with E-state index in [2.05, 4.69) is 15.4 Å². The zero-order chi connectivity index (χ0) is 15.0. The molecule has 7 heteroatoms. The Morgan fingerprint density at radius 3 is 2.52 bits per heavy atom. The number of carbonyl (C=O) groups excluding carboxylic acids is 1. The maximum atomic E-state index is 11.8. The number of carboxylic acids is 1. The van der Waals surface area contributed by atoms with Crippen LogP contribution in [0.15, 0.2) is 30.6 Å². The van der Waals surface area contributed by atoms with Crippen molar-refractivity contribution in [1.29, 1.82) is 0 Å². The predicted octanol–water partition coefficient (Wildman–Crippen LogP) is 1.14. The second-order valence-electron chi connectivity index (χ2n) is 5.10. The third-order valence-electron chi connectivity index (χ3n) is 3.45. The highest BCUT2D eigenvalue weighted by atomic mass is 16.4. The first-order valence-electron chi connectivity index (χ1n) is 6.54.